The van der Waals surface area contributed by atoms with Crippen LogP contribution in [0.3, 0.4) is 0 Å². The van der Waals surface area contributed by atoms with E-state index in [4.69, 9.17) is 0 Å². The fourth-order valence-electron chi connectivity index (χ4n) is 5.10. The Kier molecular flexibility index (Phi) is 6.65. The van der Waals surface area contributed by atoms with E-state index in [9.17, 15) is 0 Å². The van der Waals surface area contributed by atoms with Crippen molar-refractivity contribution in [3.8, 4) is 0 Å². The molecule has 126 valence electrons. The zero-order chi connectivity index (χ0) is 16.2. The van der Waals surface area contributed by atoms with Gasteiger partial charge in [0.25, 0.3) is 0 Å². The lowest BCUT2D eigenvalue weighted by molar-refractivity contribution is 0.450. The Morgan fingerprint density at radius 1 is 0.818 bits per heavy atom. The summed E-state index contributed by atoms with van der Waals surface area (Å²) >= 11 is 0. The molecule has 1 heteroatoms. The van der Waals surface area contributed by atoms with E-state index in [0.717, 1.165) is 18.3 Å². The molecule has 0 N–H and O–H groups in total. The smallest absolute Gasteiger partial charge is 0.0990 e. The van der Waals surface area contributed by atoms with Gasteiger partial charge < -0.3 is 0 Å². The van der Waals surface area contributed by atoms with Crippen LogP contribution in [-0.2, 0) is 0 Å². The van der Waals surface area contributed by atoms with Gasteiger partial charge in [-0.3, -0.25) is 0 Å². The van der Waals surface area contributed by atoms with Crippen molar-refractivity contribution < 1.29 is 0 Å². The molecule has 2 aliphatic carbocycles. The standard InChI is InChI=1S/C21H39B/c1-17(2)16-20(21(3,4)5)22(18-12-8-6-9-13-18)19-14-10-7-11-15-19/h16-19H,6-15H2,1-5H3/b20-16+. The first-order chi connectivity index (χ1) is 10.4. The van der Waals surface area contributed by atoms with Gasteiger partial charge in [0.1, 0.15) is 0 Å². The van der Waals surface area contributed by atoms with Crippen molar-refractivity contribution in [1.29, 1.82) is 0 Å². The Morgan fingerprint density at radius 2 is 1.23 bits per heavy atom. The van der Waals surface area contributed by atoms with Crippen LogP contribution in [0.1, 0.15) is 98.8 Å². The molecule has 0 amide bonds. The fourth-order valence-corrected chi connectivity index (χ4v) is 5.10. The number of allylic oxidation sites excluding steroid dienone is 2. The van der Waals surface area contributed by atoms with Gasteiger partial charge in [-0.2, -0.15) is 0 Å². The van der Waals surface area contributed by atoms with Gasteiger partial charge in [-0.1, -0.05) is 122 Å². The van der Waals surface area contributed by atoms with Gasteiger partial charge in [0.15, 0.2) is 6.71 Å². The lowest BCUT2D eigenvalue weighted by Gasteiger charge is -2.41. The van der Waals surface area contributed by atoms with Crippen LogP contribution in [0.15, 0.2) is 11.5 Å². The largest absolute Gasteiger partial charge is 0.177 e. The molecule has 0 heterocycles. The van der Waals surface area contributed by atoms with Crippen molar-refractivity contribution >= 4 is 6.71 Å². The van der Waals surface area contributed by atoms with E-state index < -0.39 is 0 Å². The quantitative estimate of drug-likeness (QED) is 0.477. The van der Waals surface area contributed by atoms with Gasteiger partial charge in [0.05, 0.1) is 0 Å². The summed E-state index contributed by atoms with van der Waals surface area (Å²) in [5.74, 6) is 2.63. The van der Waals surface area contributed by atoms with E-state index >= 15 is 0 Å². The predicted octanol–water partition coefficient (Wildman–Crippen LogP) is 7.32. The highest BCUT2D eigenvalue weighted by Crippen LogP contribution is 2.47. The second kappa shape index (κ2) is 8.07. The maximum Gasteiger partial charge on any atom is 0.177 e. The summed E-state index contributed by atoms with van der Waals surface area (Å²) in [4.78, 5) is 0. The van der Waals surface area contributed by atoms with E-state index in [-0.39, 0.29) is 0 Å². The molecule has 0 aromatic heterocycles. The van der Waals surface area contributed by atoms with Crippen LogP contribution < -0.4 is 0 Å². The first-order valence-electron chi connectivity index (χ1n) is 10.1. The van der Waals surface area contributed by atoms with Crippen molar-refractivity contribution in [2.75, 3.05) is 0 Å². The average Bonchev–Trinajstić information content (AvgIpc) is 2.47. The highest BCUT2D eigenvalue weighted by atomic mass is 14.3. The summed E-state index contributed by atoms with van der Waals surface area (Å²) in [6.07, 6.45) is 17.5. The van der Waals surface area contributed by atoms with Crippen LogP contribution in [0.2, 0.25) is 11.6 Å². The number of hydrogen-bond acceptors (Lipinski definition) is 0. The van der Waals surface area contributed by atoms with Crippen molar-refractivity contribution in [3.63, 3.8) is 0 Å². The minimum atomic E-state index is 0.337. The SMILES string of the molecule is CC(C)/C=C(/B(C1CCCCC1)C1CCCCC1)C(C)(C)C. The summed E-state index contributed by atoms with van der Waals surface area (Å²) in [5, 5.41) is 0. The molecule has 0 unspecified atom stereocenters. The average molecular weight is 302 g/mol. The summed E-state index contributed by atoms with van der Waals surface area (Å²) in [7, 11) is 0. The molecule has 0 nitrogen and oxygen atoms in total. The minimum Gasteiger partial charge on any atom is -0.0990 e. The number of hydrogen-bond donors (Lipinski definition) is 0. The predicted molar refractivity (Wildman–Crippen MR) is 102 cm³/mol. The summed E-state index contributed by atoms with van der Waals surface area (Å²) in [5.41, 5.74) is 2.14. The highest BCUT2D eigenvalue weighted by Gasteiger charge is 2.40. The molecule has 0 saturated heterocycles. The van der Waals surface area contributed by atoms with Gasteiger partial charge >= 0.3 is 0 Å². The molecular weight excluding hydrogens is 263 g/mol. The molecule has 0 radical (unpaired) electrons. The topological polar surface area (TPSA) is 0 Å². The molecule has 0 atom stereocenters. The molecule has 0 aromatic rings. The monoisotopic (exact) mass is 302 g/mol. The molecule has 22 heavy (non-hydrogen) atoms. The lowest BCUT2D eigenvalue weighted by Crippen LogP contribution is -2.37. The second-order valence-electron chi connectivity index (χ2n) is 9.44. The van der Waals surface area contributed by atoms with E-state index in [1.807, 2.05) is 0 Å². The first-order valence-corrected chi connectivity index (χ1v) is 10.1. The van der Waals surface area contributed by atoms with Crippen molar-refractivity contribution in [1.82, 2.24) is 0 Å². The van der Waals surface area contributed by atoms with E-state index in [2.05, 4.69) is 40.7 Å². The fraction of sp³-hybridized carbons (Fsp3) is 0.905. The molecule has 0 aliphatic heterocycles. The molecule has 2 aliphatic rings. The van der Waals surface area contributed by atoms with Gasteiger partial charge in [-0.25, -0.2) is 0 Å². The van der Waals surface area contributed by atoms with E-state index in [0.29, 0.717) is 11.3 Å². The number of rotatable bonds is 4. The van der Waals surface area contributed by atoms with Crippen molar-refractivity contribution in [2.45, 2.75) is 110 Å². The Labute approximate surface area is 140 Å². The van der Waals surface area contributed by atoms with Gasteiger partial charge in [0.2, 0.25) is 0 Å². The second-order valence-corrected chi connectivity index (χ2v) is 9.44. The molecule has 2 rings (SSSR count). The highest BCUT2D eigenvalue weighted by molar-refractivity contribution is 6.70. The summed E-state index contributed by atoms with van der Waals surface area (Å²) in [6.45, 7) is 13.0. The Balaban J connectivity index is 2.30. The Morgan fingerprint density at radius 3 is 1.55 bits per heavy atom. The van der Waals surface area contributed by atoms with Crippen LogP contribution >= 0.6 is 0 Å². The van der Waals surface area contributed by atoms with Crippen LogP contribution in [0.25, 0.3) is 0 Å². The minimum absolute atomic E-state index is 0.337. The van der Waals surface area contributed by atoms with E-state index in [1.54, 1.807) is 5.47 Å². The van der Waals surface area contributed by atoms with Crippen LogP contribution in [0.4, 0.5) is 0 Å². The maximum atomic E-state index is 2.65. The third-order valence-electron chi connectivity index (χ3n) is 6.05. The Hall–Kier alpha value is -0.195. The third kappa shape index (κ3) is 4.90. The van der Waals surface area contributed by atoms with Crippen LogP contribution in [-0.4, -0.2) is 6.71 Å². The molecule has 0 spiro atoms. The summed E-state index contributed by atoms with van der Waals surface area (Å²) in [6, 6.07) is 0. The van der Waals surface area contributed by atoms with Crippen molar-refractivity contribution in [2.24, 2.45) is 11.3 Å². The molecular formula is C21H39B. The van der Waals surface area contributed by atoms with Gasteiger partial charge in [-0.05, 0) is 11.3 Å². The summed E-state index contributed by atoms with van der Waals surface area (Å²) < 4.78 is 0. The zero-order valence-corrected chi connectivity index (χ0v) is 16.0. The van der Waals surface area contributed by atoms with Crippen LogP contribution in [0, 0.1) is 11.3 Å². The first kappa shape index (κ1) is 18.1. The van der Waals surface area contributed by atoms with Gasteiger partial charge in [-0.15, -0.1) is 0 Å². The Bertz CT molecular complexity index is 331. The molecule has 2 saturated carbocycles. The maximum absolute atomic E-state index is 2.65. The lowest BCUT2D eigenvalue weighted by atomic mass is 9.24. The molecule has 0 bridgehead atoms. The van der Waals surface area contributed by atoms with Gasteiger partial charge in [0, 0.05) is 0 Å². The molecule has 0 aromatic carbocycles. The zero-order valence-electron chi connectivity index (χ0n) is 16.0. The van der Waals surface area contributed by atoms with Crippen molar-refractivity contribution in [3.05, 3.63) is 11.5 Å². The third-order valence-corrected chi connectivity index (χ3v) is 6.05. The van der Waals surface area contributed by atoms with Crippen LogP contribution in [0.5, 0.6) is 0 Å². The normalized spacial score (nSPS) is 23.1. The van der Waals surface area contributed by atoms with E-state index in [1.165, 1.54) is 64.2 Å². The molecule has 2 fully saturated rings.